The van der Waals surface area contributed by atoms with E-state index in [2.05, 4.69) is 27.1 Å². The number of hydrogen-bond acceptors (Lipinski definition) is 5. The van der Waals surface area contributed by atoms with Crippen LogP contribution in [0.5, 0.6) is 0 Å². The number of nitrogens with zero attached hydrogens (tertiary/aromatic N) is 3. The minimum absolute atomic E-state index is 0.0250. The van der Waals surface area contributed by atoms with E-state index in [0.717, 1.165) is 42.3 Å². The van der Waals surface area contributed by atoms with Crippen LogP contribution < -0.4 is 10.2 Å². The van der Waals surface area contributed by atoms with Gasteiger partial charge in [0.15, 0.2) is 5.13 Å². The second-order valence-corrected chi connectivity index (χ2v) is 8.90. The summed E-state index contributed by atoms with van der Waals surface area (Å²) in [5, 5.41) is 4.42. The van der Waals surface area contributed by atoms with Crippen LogP contribution in [-0.4, -0.2) is 29.0 Å². The molecule has 0 saturated carbocycles. The highest BCUT2D eigenvalue weighted by Crippen LogP contribution is 2.27. The van der Waals surface area contributed by atoms with Crippen molar-refractivity contribution in [3.63, 3.8) is 0 Å². The summed E-state index contributed by atoms with van der Waals surface area (Å²) in [5.41, 5.74) is 3.56. The number of thiazole rings is 1. The predicted octanol–water partition coefficient (Wildman–Crippen LogP) is 4.95. The van der Waals surface area contributed by atoms with E-state index < -0.39 is 0 Å². The molecule has 0 spiro atoms. The van der Waals surface area contributed by atoms with Gasteiger partial charge in [0.1, 0.15) is 0 Å². The Labute approximate surface area is 179 Å². The molecule has 1 aromatic carbocycles. The maximum Gasteiger partial charge on any atom is 0.229 e. The van der Waals surface area contributed by atoms with Gasteiger partial charge in [-0.15, -0.1) is 11.3 Å². The number of piperidine rings is 1. The van der Waals surface area contributed by atoms with E-state index in [1.807, 2.05) is 48.9 Å². The number of carbonyl (C=O) groups is 1. The quantitative estimate of drug-likeness (QED) is 0.627. The number of rotatable bonds is 5. The van der Waals surface area contributed by atoms with Crippen LogP contribution in [0.15, 0.2) is 48.9 Å². The number of halogens is 1. The molecule has 1 amide bonds. The van der Waals surface area contributed by atoms with Gasteiger partial charge in [-0.2, -0.15) is 0 Å². The van der Waals surface area contributed by atoms with E-state index in [1.165, 1.54) is 28.2 Å². The third kappa shape index (κ3) is 4.95. The number of hydrogen-bond donors (Lipinski definition) is 1. The lowest BCUT2D eigenvalue weighted by molar-refractivity contribution is -0.120. The second-order valence-electron chi connectivity index (χ2n) is 7.35. The summed E-state index contributed by atoms with van der Waals surface area (Å²) >= 11 is 7.47. The summed E-state index contributed by atoms with van der Waals surface area (Å²) in [4.78, 5) is 24.7. The Kier molecular flexibility index (Phi) is 6.11. The van der Waals surface area contributed by atoms with Crippen LogP contribution in [0.1, 0.15) is 28.8 Å². The Bertz CT molecular complexity index is 980. The minimum Gasteiger partial charge on any atom is -0.371 e. The lowest BCUT2D eigenvalue weighted by atomic mass is 9.95. The highest BCUT2D eigenvalue weighted by Gasteiger charge is 2.26. The van der Waals surface area contributed by atoms with Gasteiger partial charge in [-0.25, -0.2) is 4.98 Å². The molecule has 29 heavy (non-hydrogen) atoms. The highest BCUT2D eigenvalue weighted by molar-refractivity contribution is 7.15. The molecule has 7 heteroatoms. The first-order valence-corrected chi connectivity index (χ1v) is 10.9. The molecule has 1 fully saturated rings. The van der Waals surface area contributed by atoms with Gasteiger partial charge in [0, 0.05) is 59.6 Å². The minimum atomic E-state index is 0.0250. The number of nitrogens with one attached hydrogen (secondary N) is 1. The van der Waals surface area contributed by atoms with Crippen LogP contribution in [0.25, 0.3) is 0 Å². The first-order valence-electron chi connectivity index (χ1n) is 9.74. The van der Waals surface area contributed by atoms with Crippen molar-refractivity contribution < 1.29 is 4.79 Å². The number of pyridine rings is 1. The molecular weight excluding hydrogens is 404 g/mol. The predicted molar refractivity (Wildman–Crippen MR) is 119 cm³/mol. The molecule has 2 aromatic heterocycles. The first-order chi connectivity index (χ1) is 14.1. The smallest absolute Gasteiger partial charge is 0.229 e. The molecule has 0 atom stereocenters. The second kappa shape index (κ2) is 8.93. The van der Waals surface area contributed by atoms with E-state index in [4.69, 9.17) is 11.6 Å². The van der Waals surface area contributed by atoms with Crippen molar-refractivity contribution in [2.75, 3.05) is 23.3 Å². The molecule has 1 saturated heterocycles. The zero-order chi connectivity index (χ0) is 20.2. The summed E-state index contributed by atoms with van der Waals surface area (Å²) < 4.78 is 0. The Morgan fingerprint density at radius 3 is 2.69 bits per heavy atom. The molecule has 1 N–H and O–H groups in total. The Balaban J connectivity index is 1.31. The zero-order valence-electron chi connectivity index (χ0n) is 16.3. The van der Waals surface area contributed by atoms with Crippen LogP contribution >= 0.6 is 22.9 Å². The summed E-state index contributed by atoms with van der Waals surface area (Å²) in [7, 11) is 0. The number of amides is 1. The fraction of sp³-hybridized carbons (Fsp3) is 0.318. The average Bonchev–Trinajstić information content (AvgIpc) is 3.17. The van der Waals surface area contributed by atoms with Gasteiger partial charge in [-0.3, -0.25) is 9.78 Å². The zero-order valence-corrected chi connectivity index (χ0v) is 17.8. The third-order valence-corrected chi connectivity index (χ3v) is 6.44. The molecule has 0 bridgehead atoms. The van der Waals surface area contributed by atoms with Gasteiger partial charge >= 0.3 is 0 Å². The van der Waals surface area contributed by atoms with Crippen LogP contribution in [-0.2, 0) is 11.2 Å². The number of anilines is 2. The molecule has 5 nitrogen and oxygen atoms in total. The van der Waals surface area contributed by atoms with Crippen LogP contribution in [0.2, 0.25) is 5.02 Å². The molecule has 4 rings (SSSR count). The normalized spacial score (nSPS) is 14.8. The molecule has 1 aliphatic heterocycles. The molecular formula is C22H23ClN4OS. The molecule has 0 aliphatic carbocycles. The fourth-order valence-corrected chi connectivity index (χ4v) is 4.64. The lowest BCUT2D eigenvalue weighted by Gasteiger charge is -2.33. The van der Waals surface area contributed by atoms with Crippen LogP contribution in [0.4, 0.5) is 10.8 Å². The largest absolute Gasteiger partial charge is 0.371 e. The lowest BCUT2D eigenvalue weighted by Crippen LogP contribution is -2.38. The SMILES string of the molecule is Cc1cnccc1N1CCC(C(=O)Nc2ncc(Cc3ccc(Cl)cc3)s2)CC1. The standard InChI is InChI=1S/C22H23ClN4OS/c1-15-13-24-9-6-20(15)27-10-7-17(8-11-27)21(28)26-22-25-14-19(29-22)12-16-2-4-18(23)5-3-16/h2-6,9,13-14,17H,7-8,10-12H2,1H3,(H,25,26,28). The first kappa shape index (κ1) is 19.9. The van der Waals surface area contributed by atoms with Gasteiger partial charge < -0.3 is 10.2 Å². The fourth-order valence-electron chi connectivity index (χ4n) is 3.66. The number of aromatic nitrogens is 2. The molecule has 3 heterocycles. The van der Waals surface area contributed by atoms with E-state index in [0.29, 0.717) is 5.13 Å². The van der Waals surface area contributed by atoms with Crippen molar-refractivity contribution in [3.8, 4) is 0 Å². The Hall–Kier alpha value is -2.44. The van der Waals surface area contributed by atoms with Crippen LogP contribution in [0.3, 0.4) is 0 Å². The average molecular weight is 427 g/mol. The summed E-state index contributed by atoms with van der Waals surface area (Å²) in [6.07, 6.45) is 8.02. The molecule has 150 valence electrons. The maximum absolute atomic E-state index is 12.7. The monoisotopic (exact) mass is 426 g/mol. The van der Waals surface area contributed by atoms with E-state index >= 15 is 0 Å². The third-order valence-electron chi connectivity index (χ3n) is 5.27. The molecule has 0 radical (unpaired) electrons. The van der Waals surface area contributed by atoms with Gasteiger partial charge in [0.2, 0.25) is 5.91 Å². The molecule has 0 unspecified atom stereocenters. The van der Waals surface area contributed by atoms with E-state index in [1.54, 1.807) is 0 Å². The van der Waals surface area contributed by atoms with Gasteiger partial charge in [-0.1, -0.05) is 23.7 Å². The van der Waals surface area contributed by atoms with Crippen molar-refractivity contribution in [2.45, 2.75) is 26.2 Å². The van der Waals surface area contributed by atoms with Crippen molar-refractivity contribution in [1.29, 1.82) is 0 Å². The van der Waals surface area contributed by atoms with Crippen molar-refractivity contribution in [1.82, 2.24) is 9.97 Å². The van der Waals surface area contributed by atoms with Crippen molar-refractivity contribution in [3.05, 3.63) is 69.9 Å². The number of carbonyl (C=O) groups excluding carboxylic acids is 1. The summed E-state index contributed by atoms with van der Waals surface area (Å²) in [5.74, 6) is 0.0977. The highest BCUT2D eigenvalue weighted by atomic mass is 35.5. The topological polar surface area (TPSA) is 58.1 Å². The summed E-state index contributed by atoms with van der Waals surface area (Å²) in [6, 6.07) is 9.85. The van der Waals surface area contributed by atoms with E-state index in [-0.39, 0.29) is 11.8 Å². The van der Waals surface area contributed by atoms with Gasteiger partial charge in [-0.05, 0) is 49.1 Å². The molecule has 3 aromatic rings. The number of aryl methyl sites for hydroxylation is 1. The molecule has 1 aliphatic rings. The van der Waals surface area contributed by atoms with Gasteiger partial charge in [0.25, 0.3) is 0 Å². The summed E-state index contributed by atoms with van der Waals surface area (Å²) in [6.45, 7) is 3.83. The van der Waals surface area contributed by atoms with Crippen molar-refractivity contribution >= 4 is 39.7 Å². The Morgan fingerprint density at radius 1 is 1.21 bits per heavy atom. The van der Waals surface area contributed by atoms with Crippen LogP contribution in [0, 0.1) is 12.8 Å². The number of benzene rings is 1. The Morgan fingerprint density at radius 2 is 1.97 bits per heavy atom. The van der Waals surface area contributed by atoms with E-state index in [9.17, 15) is 4.79 Å². The van der Waals surface area contributed by atoms with Gasteiger partial charge in [0.05, 0.1) is 0 Å². The van der Waals surface area contributed by atoms with Crippen molar-refractivity contribution in [2.24, 2.45) is 5.92 Å². The maximum atomic E-state index is 12.7.